The number of aromatic hydroxyl groups is 2. The standard InChI is InChI=1S/C34H33N3O11/c1-15-29(40)19(37-20(12-35)16-5-4-8-36-13-16)9-24(47-15)48-22-11-34(45,23(39)14-38)10-18-26(22)33(44)28-27(31(18)42)30(41)17-6-3-7-21(46-2)25(17)32(28)43/h3-8,13,15,19-20,22,24,29,37-38,40,42,44-45H,9-11,14H2,1-2H3/t15?,19?,20?,22-,24?,29?,34-/m0/s1. The molecule has 1 aliphatic heterocycles. The van der Waals surface area contributed by atoms with Crippen LogP contribution in [0.3, 0.4) is 0 Å². The van der Waals surface area contributed by atoms with Crippen molar-refractivity contribution >= 4 is 17.3 Å². The van der Waals surface area contributed by atoms with Gasteiger partial charge in [0.15, 0.2) is 17.9 Å². The number of phenols is 2. The fourth-order valence-corrected chi connectivity index (χ4v) is 6.85. The lowest BCUT2D eigenvalue weighted by Crippen LogP contribution is -2.55. The van der Waals surface area contributed by atoms with Crippen molar-refractivity contribution < 1.29 is 54.1 Å². The van der Waals surface area contributed by atoms with Gasteiger partial charge >= 0.3 is 0 Å². The first-order valence-corrected chi connectivity index (χ1v) is 15.2. The molecule has 2 heterocycles. The molecule has 14 nitrogen and oxygen atoms in total. The van der Waals surface area contributed by atoms with Crippen LogP contribution in [0.4, 0.5) is 0 Å². The summed E-state index contributed by atoms with van der Waals surface area (Å²) in [7, 11) is 1.32. The smallest absolute Gasteiger partial charge is 0.202 e. The van der Waals surface area contributed by atoms with Crippen molar-refractivity contribution in [2.24, 2.45) is 0 Å². The van der Waals surface area contributed by atoms with Crippen molar-refractivity contribution in [1.82, 2.24) is 10.3 Å². The minimum Gasteiger partial charge on any atom is -0.507 e. The number of Topliss-reactive ketones (excluding diaryl/α,β-unsaturated/α-hetero) is 1. The van der Waals surface area contributed by atoms with Gasteiger partial charge in [-0.1, -0.05) is 18.2 Å². The van der Waals surface area contributed by atoms with Crippen LogP contribution in [0.1, 0.15) is 80.4 Å². The van der Waals surface area contributed by atoms with E-state index in [-0.39, 0.29) is 34.4 Å². The minimum absolute atomic E-state index is 0.0537. The van der Waals surface area contributed by atoms with Crippen LogP contribution in [-0.2, 0) is 20.7 Å². The van der Waals surface area contributed by atoms with Gasteiger partial charge in [0.05, 0.1) is 48.2 Å². The molecule has 0 amide bonds. The number of aromatic nitrogens is 1. The van der Waals surface area contributed by atoms with Crippen molar-refractivity contribution in [2.75, 3.05) is 13.7 Å². The van der Waals surface area contributed by atoms with Gasteiger partial charge in [-0.25, -0.2) is 0 Å². The number of phenolic OH excluding ortho intramolecular Hbond substituents is 2. The van der Waals surface area contributed by atoms with E-state index >= 15 is 0 Å². The monoisotopic (exact) mass is 659 g/mol. The summed E-state index contributed by atoms with van der Waals surface area (Å²) in [5.74, 6) is -3.95. The number of benzene rings is 2. The molecule has 14 heteroatoms. The Hall–Kier alpha value is -4.75. The molecule has 7 atom stereocenters. The third kappa shape index (κ3) is 5.40. The Labute approximate surface area is 274 Å². The van der Waals surface area contributed by atoms with Crippen molar-refractivity contribution in [3.05, 3.63) is 81.7 Å². The van der Waals surface area contributed by atoms with Gasteiger partial charge in [0, 0.05) is 60.0 Å². The molecule has 2 aliphatic carbocycles. The molecule has 0 bridgehead atoms. The number of carbonyl (C=O) groups is 3. The van der Waals surface area contributed by atoms with Crippen LogP contribution in [0.2, 0.25) is 0 Å². The summed E-state index contributed by atoms with van der Waals surface area (Å²) in [6, 6.07) is 8.22. The first-order chi connectivity index (χ1) is 22.9. The van der Waals surface area contributed by atoms with Gasteiger partial charge in [-0.15, -0.1) is 0 Å². The number of methoxy groups -OCH3 is 1. The number of rotatable bonds is 8. The Balaban J connectivity index is 1.41. The van der Waals surface area contributed by atoms with E-state index in [2.05, 4.69) is 16.4 Å². The number of carbonyl (C=O) groups excluding carboxylic acids is 3. The number of ether oxygens (including phenoxy) is 3. The highest BCUT2D eigenvalue weighted by Gasteiger charge is 2.50. The third-order valence-corrected chi connectivity index (χ3v) is 9.29. The molecule has 1 fully saturated rings. The van der Waals surface area contributed by atoms with Gasteiger partial charge in [-0.05, 0) is 19.1 Å². The molecule has 1 saturated heterocycles. The number of nitrogens with zero attached hydrogens (tertiary/aromatic N) is 2. The fraction of sp³-hybridized carbons (Fsp3) is 0.382. The summed E-state index contributed by atoms with van der Waals surface area (Å²) in [4.78, 5) is 44.5. The number of nitrogens with one attached hydrogen (secondary N) is 1. The molecule has 250 valence electrons. The Kier molecular flexibility index (Phi) is 8.77. The van der Waals surface area contributed by atoms with Crippen LogP contribution in [0.15, 0.2) is 42.7 Å². The molecule has 6 rings (SSSR count). The van der Waals surface area contributed by atoms with Gasteiger partial charge in [0.2, 0.25) is 5.78 Å². The van der Waals surface area contributed by atoms with Gasteiger partial charge in [0.25, 0.3) is 0 Å². The van der Waals surface area contributed by atoms with E-state index in [1.807, 2.05) is 0 Å². The van der Waals surface area contributed by atoms with Gasteiger partial charge < -0.3 is 39.7 Å². The quantitative estimate of drug-likeness (QED) is 0.147. The highest BCUT2D eigenvalue weighted by molar-refractivity contribution is 6.31. The predicted molar refractivity (Wildman–Crippen MR) is 163 cm³/mol. The summed E-state index contributed by atoms with van der Waals surface area (Å²) >= 11 is 0. The summed E-state index contributed by atoms with van der Waals surface area (Å²) < 4.78 is 17.5. The van der Waals surface area contributed by atoms with Crippen molar-refractivity contribution in [2.45, 2.75) is 68.5 Å². The molecule has 0 saturated carbocycles. The summed E-state index contributed by atoms with van der Waals surface area (Å²) in [5.41, 5.74) is -3.32. The number of aliphatic hydroxyl groups is 3. The number of fused-ring (bicyclic) bond motifs is 3. The number of hydrogen-bond donors (Lipinski definition) is 6. The van der Waals surface area contributed by atoms with Crippen molar-refractivity contribution in [3.8, 4) is 23.3 Å². The van der Waals surface area contributed by atoms with Crippen LogP contribution in [0.25, 0.3) is 0 Å². The second kappa shape index (κ2) is 12.7. The maximum atomic E-state index is 13.9. The molecular weight excluding hydrogens is 626 g/mol. The third-order valence-electron chi connectivity index (χ3n) is 9.29. The molecule has 3 aromatic rings. The van der Waals surface area contributed by atoms with Crippen LogP contribution >= 0.6 is 0 Å². The van der Waals surface area contributed by atoms with E-state index in [9.17, 15) is 45.2 Å². The average molecular weight is 660 g/mol. The SMILES string of the molecule is COc1cccc2c1C(=O)c1c(O)c3c(c(O)c1C2=O)C[C@@](O)(C(=O)CO)C[C@@H]3OC1CC(NC(C#N)c2cccnc2)C(O)C(C)O1. The zero-order valence-electron chi connectivity index (χ0n) is 25.9. The second-order valence-electron chi connectivity index (χ2n) is 12.1. The van der Waals surface area contributed by atoms with E-state index in [0.29, 0.717) is 5.56 Å². The first kappa shape index (κ1) is 33.2. The van der Waals surface area contributed by atoms with Gasteiger partial charge in [0.1, 0.15) is 35.5 Å². The largest absolute Gasteiger partial charge is 0.507 e. The normalized spacial score (nSPS) is 26.9. The van der Waals surface area contributed by atoms with Crippen molar-refractivity contribution in [3.63, 3.8) is 0 Å². The molecular formula is C34H33N3O11. The van der Waals surface area contributed by atoms with E-state index in [4.69, 9.17) is 14.2 Å². The van der Waals surface area contributed by atoms with Crippen LogP contribution in [-0.4, -0.2) is 91.7 Å². The van der Waals surface area contributed by atoms with Gasteiger partial charge in [-0.2, -0.15) is 5.26 Å². The first-order valence-electron chi connectivity index (χ1n) is 15.2. The molecule has 3 aliphatic rings. The number of hydrogen-bond acceptors (Lipinski definition) is 14. The highest BCUT2D eigenvalue weighted by atomic mass is 16.7. The Morgan fingerprint density at radius 1 is 1.17 bits per heavy atom. The van der Waals surface area contributed by atoms with Crippen LogP contribution in [0.5, 0.6) is 17.2 Å². The topological polar surface area (TPSA) is 229 Å². The molecule has 48 heavy (non-hydrogen) atoms. The van der Waals surface area contributed by atoms with E-state index < -0.39 is 102 Å². The summed E-state index contributed by atoms with van der Waals surface area (Å²) in [5, 5.41) is 68.3. The fourth-order valence-electron chi connectivity index (χ4n) is 6.85. The highest BCUT2D eigenvalue weighted by Crippen LogP contribution is 2.52. The average Bonchev–Trinajstić information content (AvgIpc) is 3.08. The number of pyridine rings is 1. The zero-order valence-corrected chi connectivity index (χ0v) is 25.9. The molecule has 0 radical (unpaired) electrons. The second-order valence-corrected chi connectivity index (χ2v) is 12.1. The Bertz CT molecular complexity index is 1840. The lowest BCUT2D eigenvalue weighted by molar-refractivity contribution is -0.250. The molecule has 2 aromatic carbocycles. The summed E-state index contributed by atoms with van der Waals surface area (Å²) in [6.07, 6.45) is -2.66. The number of aliphatic hydroxyl groups excluding tert-OH is 2. The van der Waals surface area contributed by atoms with Gasteiger partial charge in [-0.3, -0.25) is 24.7 Å². The van der Waals surface area contributed by atoms with E-state index in [1.54, 1.807) is 25.3 Å². The molecule has 1 aromatic heterocycles. The van der Waals surface area contributed by atoms with Crippen LogP contribution in [0, 0.1) is 11.3 Å². The minimum atomic E-state index is -2.31. The maximum Gasteiger partial charge on any atom is 0.202 e. The van der Waals surface area contributed by atoms with E-state index in [0.717, 1.165) is 0 Å². The Morgan fingerprint density at radius 3 is 2.58 bits per heavy atom. The maximum absolute atomic E-state index is 13.9. The predicted octanol–water partition coefficient (Wildman–Crippen LogP) is 1.29. The lowest BCUT2D eigenvalue weighted by Gasteiger charge is -2.43. The number of ketones is 3. The lowest BCUT2D eigenvalue weighted by atomic mass is 9.72. The number of nitriles is 1. The van der Waals surface area contributed by atoms with Crippen molar-refractivity contribution in [1.29, 1.82) is 5.26 Å². The molecule has 6 N–H and O–H groups in total. The van der Waals surface area contributed by atoms with Crippen LogP contribution < -0.4 is 10.1 Å². The Morgan fingerprint density at radius 2 is 1.92 bits per heavy atom. The van der Waals surface area contributed by atoms with E-state index in [1.165, 1.54) is 31.5 Å². The summed E-state index contributed by atoms with van der Waals surface area (Å²) in [6.45, 7) is 0.523. The zero-order chi connectivity index (χ0) is 34.5. The molecule has 0 spiro atoms. The molecule has 5 unspecified atom stereocenters.